The molecular formula is C15H23N3OS. The van der Waals surface area contributed by atoms with Crippen LogP contribution in [0.5, 0.6) is 0 Å². The molecule has 4 nitrogen and oxygen atoms in total. The summed E-state index contributed by atoms with van der Waals surface area (Å²) in [4.78, 5) is 7.05. The zero-order chi connectivity index (χ0) is 13.5. The van der Waals surface area contributed by atoms with Crippen LogP contribution >= 0.6 is 11.8 Å². The number of nitrogens with zero attached hydrogens (tertiary/aromatic N) is 3. The molecule has 1 aliphatic heterocycles. The summed E-state index contributed by atoms with van der Waals surface area (Å²) in [6, 6.07) is 0. The van der Waals surface area contributed by atoms with Crippen LogP contribution in [0.2, 0.25) is 0 Å². The maximum absolute atomic E-state index is 5.39. The summed E-state index contributed by atoms with van der Waals surface area (Å²) >= 11 is 1.74. The van der Waals surface area contributed by atoms with Gasteiger partial charge in [0.1, 0.15) is 0 Å². The molecule has 1 aromatic rings. The lowest BCUT2D eigenvalue weighted by atomic mass is 9.60. The molecular weight excluding hydrogens is 270 g/mol. The minimum Gasteiger partial charge on any atom is -0.338 e. The SMILES string of the molecule is CSCc1noc(CN2C[C@@H]3C4CCC(CC4)[C@@H]3C2)n1. The number of likely N-dealkylation sites (tertiary alicyclic amines) is 1. The maximum Gasteiger partial charge on any atom is 0.240 e. The van der Waals surface area contributed by atoms with E-state index in [4.69, 9.17) is 4.52 Å². The fourth-order valence-electron chi connectivity index (χ4n) is 4.80. The summed E-state index contributed by atoms with van der Waals surface area (Å²) in [6.07, 6.45) is 8.00. The first-order valence-electron chi connectivity index (χ1n) is 7.86. The Morgan fingerprint density at radius 1 is 1.15 bits per heavy atom. The highest BCUT2D eigenvalue weighted by Crippen LogP contribution is 2.51. The molecule has 20 heavy (non-hydrogen) atoms. The second kappa shape index (κ2) is 5.34. The maximum atomic E-state index is 5.39. The van der Waals surface area contributed by atoms with Gasteiger partial charge in [0.15, 0.2) is 5.82 Å². The molecule has 2 bridgehead atoms. The molecule has 0 N–H and O–H groups in total. The second-order valence-corrected chi connectivity index (χ2v) is 7.60. The van der Waals surface area contributed by atoms with Gasteiger partial charge in [0.25, 0.3) is 0 Å². The molecule has 0 spiro atoms. The molecule has 0 radical (unpaired) electrons. The van der Waals surface area contributed by atoms with Gasteiger partial charge in [-0.25, -0.2) is 0 Å². The zero-order valence-electron chi connectivity index (χ0n) is 12.1. The molecule has 2 atom stereocenters. The lowest BCUT2D eigenvalue weighted by molar-refractivity contribution is 0.0577. The van der Waals surface area contributed by atoms with Gasteiger partial charge >= 0.3 is 0 Å². The van der Waals surface area contributed by atoms with Crippen molar-refractivity contribution >= 4 is 11.8 Å². The minimum atomic E-state index is 0.806. The first-order chi connectivity index (χ1) is 9.83. The Balaban J connectivity index is 1.41. The van der Waals surface area contributed by atoms with Gasteiger partial charge in [0.05, 0.1) is 12.3 Å². The Kier molecular flexibility index (Phi) is 3.50. The summed E-state index contributed by atoms with van der Waals surface area (Å²) in [5, 5.41) is 4.05. The van der Waals surface area contributed by atoms with Gasteiger partial charge in [-0.2, -0.15) is 16.7 Å². The van der Waals surface area contributed by atoms with E-state index in [2.05, 4.69) is 21.3 Å². The molecule has 4 aliphatic rings. The summed E-state index contributed by atoms with van der Waals surface area (Å²) in [7, 11) is 0. The lowest BCUT2D eigenvalue weighted by Gasteiger charge is -2.45. The van der Waals surface area contributed by atoms with Crippen molar-refractivity contribution in [3.63, 3.8) is 0 Å². The Morgan fingerprint density at radius 3 is 2.40 bits per heavy atom. The second-order valence-electron chi connectivity index (χ2n) is 6.73. The fourth-order valence-corrected chi connectivity index (χ4v) is 5.18. The van der Waals surface area contributed by atoms with Gasteiger partial charge in [-0.1, -0.05) is 5.16 Å². The molecule has 3 saturated carbocycles. The highest BCUT2D eigenvalue weighted by Gasteiger charge is 2.48. The van der Waals surface area contributed by atoms with Crippen molar-refractivity contribution in [1.29, 1.82) is 0 Å². The van der Waals surface area contributed by atoms with E-state index in [0.717, 1.165) is 47.7 Å². The van der Waals surface area contributed by atoms with Gasteiger partial charge in [0.2, 0.25) is 5.89 Å². The molecule has 3 aliphatic carbocycles. The van der Waals surface area contributed by atoms with Crippen molar-refractivity contribution in [2.45, 2.75) is 38.0 Å². The van der Waals surface area contributed by atoms with E-state index in [-0.39, 0.29) is 0 Å². The van der Waals surface area contributed by atoms with Crippen LogP contribution in [-0.4, -0.2) is 34.4 Å². The third-order valence-electron chi connectivity index (χ3n) is 5.66. The van der Waals surface area contributed by atoms with E-state index in [1.54, 1.807) is 11.8 Å². The van der Waals surface area contributed by atoms with Crippen molar-refractivity contribution in [1.82, 2.24) is 15.0 Å². The van der Waals surface area contributed by atoms with Gasteiger partial charge < -0.3 is 4.52 Å². The van der Waals surface area contributed by atoms with Crippen LogP contribution in [0.15, 0.2) is 4.52 Å². The Labute approximate surface area is 124 Å². The summed E-state index contributed by atoms with van der Waals surface area (Å²) in [5.74, 6) is 6.41. The quantitative estimate of drug-likeness (QED) is 0.854. The molecule has 5 rings (SSSR count). The van der Waals surface area contributed by atoms with Crippen LogP contribution in [0.4, 0.5) is 0 Å². The Bertz CT molecular complexity index is 449. The molecule has 0 aromatic carbocycles. The van der Waals surface area contributed by atoms with Gasteiger partial charge in [-0.15, -0.1) is 0 Å². The van der Waals surface area contributed by atoms with Gasteiger partial charge in [0, 0.05) is 13.1 Å². The largest absolute Gasteiger partial charge is 0.338 e. The number of fused-ring (bicyclic) bond motifs is 2. The van der Waals surface area contributed by atoms with E-state index < -0.39 is 0 Å². The molecule has 0 unspecified atom stereocenters. The standard InChI is InChI=1S/C15H23N3OS/c1-20-9-14-16-15(19-17-14)8-18-6-12-10-2-3-11(5-4-10)13(12)7-18/h10-13H,2-9H2,1H3/t10?,11?,12-,13+. The van der Waals surface area contributed by atoms with Crippen LogP contribution in [0, 0.1) is 23.7 Å². The summed E-state index contributed by atoms with van der Waals surface area (Å²) < 4.78 is 5.39. The Morgan fingerprint density at radius 2 is 1.80 bits per heavy atom. The van der Waals surface area contributed by atoms with Crippen LogP contribution < -0.4 is 0 Å². The monoisotopic (exact) mass is 293 g/mol. The average Bonchev–Trinajstić information content (AvgIpc) is 3.08. The number of hydrogen-bond donors (Lipinski definition) is 0. The summed E-state index contributed by atoms with van der Waals surface area (Å²) in [6.45, 7) is 3.37. The van der Waals surface area contributed by atoms with E-state index >= 15 is 0 Å². The normalized spacial score (nSPS) is 36.5. The zero-order valence-corrected chi connectivity index (χ0v) is 12.9. The van der Waals surface area contributed by atoms with Crippen LogP contribution in [0.1, 0.15) is 37.4 Å². The van der Waals surface area contributed by atoms with Crippen molar-refractivity contribution in [3.05, 3.63) is 11.7 Å². The molecule has 5 heteroatoms. The van der Waals surface area contributed by atoms with Crippen LogP contribution in [-0.2, 0) is 12.3 Å². The molecule has 1 saturated heterocycles. The van der Waals surface area contributed by atoms with E-state index in [9.17, 15) is 0 Å². The summed E-state index contributed by atoms with van der Waals surface area (Å²) in [5.41, 5.74) is 0. The molecule has 1 aromatic heterocycles. The lowest BCUT2D eigenvalue weighted by Crippen LogP contribution is -2.38. The highest BCUT2D eigenvalue weighted by atomic mass is 32.2. The Hall–Kier alpha value is -0.550. The first-order valence-corrected chi connectivity index (χ1v) is 9.25. The number of hydrogen-bond acceptors (Lipinski definition) is 5. The fraction of sp³-hybridized carbons (Fsp3) is 0.867. The van der Waals surface area contributed by atoms with Crippen molar-refractivity contribution in [2.24, 2.45) is 23.7 Å². The molecule has 2 heterocycles. The predicted octanol–water partition coefficient (Wildman–Crippen LogP) is 2.80. The van der Waals surface area contributed by atoms with Gasteiger partial charge in [-0.3, -0.25) is 4.90 Å². The third-order valence-corrected chi connectivity index (χ3v) is 6.20. The van der Waals surface area contributed by atoms with Crippen LogP contribution in [0.3, 0.4) is 0 Å². The van der Waals surface area contributed by atoms with Crippen molar-refractivity contribution in [2.75, 3.05) is 19.3 Å². The van der Waals surface area contributed by atoms with Crippen molar-refractivity contribution < 1.29 is 4.52 Å². The number of rotatable bonds is 4. The predicted molar refractivity (Wildman–Crippen MR) is 79.2 cm³/mol. The minimum absolute atomic E-state index is 0.806. The van der Waals surface area contributed by atoms with Crippen LogP contribution in [0.25, 0.3) is 0 Å². The number of thioether (sulfide) groups is 1. The molecule has 0 amide bonds. The topological polar surface area (TPSA) is 42.2 Å². The smallest absolute Gasteiger partial charge is 0.240 e. The van der Waals surface area contributed by atoms with Crippen molar-refractivity contribution in [3.8, 4) is 0 Å². The van der Waals surface area contributed by atoms with E-state index in [1.165, 1.54) is 38.8 Å². The molecule has 110 valence electrons. The van der Waals surface area contributed by atoms with E-state index in [0.29, 0.717) is 0 Å². The molecule has 4 fully saturated rings. The van der Waals surface area contributed by atoms with Gasteiger partial charge in [-0.05, 0) is 55.6 Å². The third kappa shape index (κ3) is 2.29. The van der Waals surface area contributed by atoms with E-state index in [1.807, 2.05) is 0 Å². The highest BCUT2D eigenvalue weighted by molar-refractivity contribution is 7.97. The average molecular weight is 293 g/mol. The first kappa shape index (κ1) is 13.1. The number of aromatic nitrogens is 2.